The van der Waals surface area contributed by atoms with Crippen molar-refractivity contribution in [2.75, 3.05) is 37.0 Å². The molecule has 2 fully saturated rings. The highest BCUT2D eigenvalue weighted by Gasteiger charge is 2.33. The van der Waals surface area contributed by atoms with Gasteiger partial charge in [0.2, 0.25) is 11.9 Å². The van der Waals surface area contributed by atoms with E-state index in [4.69, 9.17) is 4.74 Å². The Morgan fingerprint density at radius 2 is 1.97 bits per heavy atom. The number of hydrogen-bond acceptors (Lipinski definition) is 7. The third-order valence-electron chi connectivity index (χ3n) is 5.49. The van der Waals surface area contributed by atoms with E-state index in [0.29, 0.717) is 31.6 Å². The van der Waals surface area contributed by atoms with Crippen molar-refractivity contribution < 1.29 is 9.53 Å². The summed E-state index contributed by atoms with van der Waals surface area (Å²) >= 11 is 3.14. The fourth-order valence-corrected chi connectivity index (χ4v) is 5.22. The quantitative estimate of drug-likeness (QED) is 0.485. The Balaban J connectivity index is 1.35. The van der Waals surface area contributed by atoms with Crippen molar-refractivity contribution >= 4 is 35.0 Å². The van der Waals surface area contributed by atoms with E-state index in [1.165, 1.54) is 17.3 Å². The normalized spacial score (nSPS) is 16.5. The van der Waals surface area contributed by atoms with Gasteiger partial charge in [0.15, 0.2) is 5.16 Å². The highest BCUT2D eigenvalue weighted by molar-refractivity contribution is 7.99. The highest BCUT2D eigenvalue weighted by atomic mass is 32.2. The molecule has 0 bridgehead atoms. The van der Waals surface area contributed by atoms with Gasteiger partial charge in [-0.25, -0.2) is 0 Å². The highest BCUT2D eigenvalue weighted by Crippen LogP contribution is 2.31. The molecule has 5 rings (SSSR count). The largest absolute Gasteiger partial charge is 0.378 e. The summed E-state index contributed by atoms with van der Waals surface area (Å²) in [6, 6.07) is 12.6. The molecule has 0 atom stereocenters. The molecule has 2 aliphatic rings. The number of nitrogens with zero attached hydrogens (tertiary/aromatic N) is 5. The van der Waals surface area contributed by atoms with Gasteiger partial charge in [0, 0.05) is 25.7 Å². The third kappa shape index (κ3) is 4.78. The van der Waals surface area contributed by atoms with Crippen LogP contribution in [-0.2, 0) is 16.1 Å². The summed E-state index contributed by atoms with van der Waals surface area (Å²) in [6.07, 6.45) is 2.20. The summed E-state index contributed by atoms with van der Waals surface area (Å²) < 4.78 is 7.56. The Labute approximate surface area is 190 Å². The maximum Gasteiger partial charge on any atom is 0.233 e. The van der Waals surface area contributed by atoms with Crippen molar-refractivity contribution in [2.45, 2.75) is 30.6 Å². The summed E-state index contributed by atoms with van der Waals surface area (Å²) in [6.45, 7) is 3.62. The monoisotopic (exact) mass is 455 g/mol. The number of carbonyl (C=O) groups is 1. The topological polar surface area (TPSA) is 63.5 Å². The molecule has 9 heteroatoms. The number of amides is 1. The molecule has 7 nitrogen and oxygen atoms in total. The van der Waals surface area contributed by atoms with Gasteiger partial charge in [0.05, 0.1) is 24.7 Å². The molecule has 0 N–H and O–H groups in total. The van der Waals surface area contributed by atoms with Crippen LogP contribution in [0.5, 0.6) is 0 Å². The Bertz CT molecular complexity index is 998. The Morgan fingerprint density at radius 3 is 2.68 bits per heavy atom. The zero-order valence-corrected chi connectivity index (χ0v) is 18.9. The summed E-state index contributed by atoms with van der Waals surface area (Å²) in [5.74, 6) is 1.32. The lowest BCUT2D eigenvalue weighted by atomic mass is 10.3. The Hall–Kier alpha value is -2.36. The van der Waals surface area contributed by atoms with E-state index in [0.717, 1.165) is 42.7 Å². The number of hydrogen-bond donors (Lipinski definition) is 0. The van der Waals surface area contributed by atoms with E-state index >= 15 is 0 Å². The van der Waals surface area contributed by atoms with Gasteiger partial charge in [-0.1, -0.05) is 30.0 Å². The molecule has 1 saturated carbocycles. The molecule has 3 heterocycles. The predicted molar refractivity (Wildman–Crippen MR) is 123 cm³/mol. The summed E-state index contributed by atoms with van der Waals surface area (Å²) in [5, 5.41) is 13.9. The first kappa shape index (κ1) is 20.5. The molecule has 162 valence electrons. The van der Waals surface area contributed by atoms with Crippen molar-refractivity contribution in [3.63, 3.8) is 0 Å². The summed E-state index contributed by atoms with van der Waals surface area (Å²) in [4.78, 5) is 17.3. The van der Waals surface area contributed by atoms with E-state index in [-0.39, 0.29) is 5.91 Å². The third-order valence-corrected chi connectivity index (χ3v) is 7.14. The Morgan fingerprint density at radius 1 is 1.16 bits per heavy atom. The van der Waals surface area contributed by atoms with E-state index in [2.05, 4.69) is 36.5 Å². The zero-order chi connectivity index (χ0) is 21.0. The lowest BCUT2D eigenvalue weighted by Gasteiger charge is -2.28. The molecule has 0 unspecified atom stereocenters. The van der Waals surface area contributed by atoms with Gasteiger partial charge in [-0.2, -0.15) is 11.3 Å². The molecule has 1 aliphatic heterocycles. The van der Waals surface area contributed by atoms with E-state index in [1.54, 1.807) is 11.3 Å². The molecule has 1 saturated heterocycles. The van der Waals surface area contributed by atoms with E-state index in [9.17, 15) is 4.79 Å². The van der Waals surface area contributed by atoms with Crippen LogP contribution in [0, 0.1) is 0 Å². The van der Waals surface area contributed by atoms with Crippen LogP contribution in [0.3, 0.4) is 0 Å². The molecule has 1 amide bonds. The van der Waals surface area contributed by atoms with Crippen LogP contribution in [0.15, 0.2) is 52.3 Å². The standard InChI is InChI=1S/C22H25N5O2S2/c28-20(26(18-6-7-18)14-17-8-13-30-15-17)16-31-22-24-23-21(25-9-11-29-12-10-25)27(22)19-4-2-1-3-5-19/h1-5,8,13,15,18H,6-7,9-12,14,16H2. The van der Waals surface area contributed by atoms with E-state index < -0.39 is 0 Å². The second kappa shape index (κ2) is 9.42. The second-order valence-electron chi connectivity index (χ2n) is 7.73. The fourth-order valence-electron chi connectivity index (χ4n) is 3.72. The average molecular weight is 456 g/mol. The van der Waals surface area contributed by atoms with Crippen molar-refractivity contribution in [2.24, 2.45) is 0 Å². The number of thiophene rings is 1. The van der Waals surface area contributed by atoms with Crippen LogP contribution in [0.4, 0.5) is 5.95 Å². The number of rotatable bonds is 8. The van der Waals surface area contributed by atoms with Crippen LogP contribution in [-0.4, -0.2) is 63.7 Å². The fraction of sp³-hybridized carbons (Fsp3) is 0.409. The summed E-state index contributed by atoms with van der Waals surface area (Å²) in [5.41, 5.74) is 2.21. The number of aromatic nitrogens is 3. The number of para-hydroxylation sites is 1. The lowest BCUT2D eigenvalue weighted by Crippen LogP contribution is -2.38. The van der Waals surface area contributed by atoms with Gasteiger partial charge in [0.1, 0.15) is 0 Å². The van der Waals surface area contributed by atoms with E-state index in [1.807, 2.05) is 35.2 Å². The minimum atomic E-state index is 0.161. The van der Waals surface area contributed by atoms with Crippen molar-refractivity contribution in [3.8, 4) is 5.69 Å². The first-order valence-corrected chi connectivity index (χ1v) is 12.5. The summed E-state index contributed by atoms with van der Waals surface area (Å²) in [7, 11) is 0. The van der Waals surface area contributed by atoms with Crippen LogP contribution in [0.25, 0.3) is 5.69 Å². The van der Waals surface area contributed by atoms with Crippen LogP contribution >= 0.6 is 23.1 Å². The molecular formula is C22H25N5O2S2. The number of carbonyl (C=O) groups excluding carboxylic acids is 1. The molecular weight excluding hydrogens is 430 g/mol. The number of ether oxygens (including phenoxy) is 1. The zero-order valence-electron chi connectivity index (χ0n) is 17.2. The van der Waals surface area contributed by atoms with Gasteiger partial charge in [-0.05, 0) is 47.4 Å². The van der Waals surface area contributed by atoms with Gasteiger partial charge < -0.3 is 14.5 Å². The van der Waals surface area contributed by atoms with Crippen molar-refractivity contribution in [3.05, 3.63) is 52.7 Å². The predicted octanol–water partition coefficient (Wildman–Crippen LogP) is 3.45. The first-order chi connectivity index (χ1) is 15.3. The molecule has 0 radical (unpaired) electrons. The number of anilines is 1. The SMILES string of the molecule is O=C(CSc1nnc(N2CCOCC2)n1-c1ccccc1)N(Cc1ccsc1)C1CC1. The average Bonchev–Trinajstić information content (AvgIpc) is 3.35. The van der Waals surface area contributed by atoms with Crippen LogP contribution in [0.1, 0.15) is 18.4 Å². The molecule has 0 spiro atoms. The maximum absolute atomic E-state index is 13.1. The van der Waals surface area contributed by atoms with Crippen LogP contribution < -0.4 is 4.90 Å². The van der Waals surface area contributed by atoms with Gasteiger partial charge in [-0.3, -0.25) is 9.36 Å². The maximum atomic E-state index is 13.1. The minimum absolute atomic E-state index is 0.161. The molecule has 31 heavy (non-hydrogen) atoms. The molecule has 1 aliphatic carbocycles. The van der Waals surface area contributed by atoms with Crippen molar-refractivity contribution in [1.82, 2.24) is 19.7 Å². The lowest BCUT2D eigenvalue weighted by molar-refractivity contribution is -0.129. The van der Waals surface area contributed by atoms with Crippen molar-refractivity contribution in [1.29, 1.82) is 0 Å². The number of morpholine rings is 1. The van der Waals surface area contributed by atoms with Gasteiger partial charge in [-0.15, -0.1) is 10.2 Å². The molecule has 1 aromatic carbocycles. The molecule has 2 aromatic heterocycles. The number of benzene rings is 1. The first-order valence-electron chi connectivity index (χ1n) is 10.6. The second-order valence-corrected chi connectivity index (χ2v) is 9.45. The smallest absolute Gasteiger partial charge is 0.233 e. The van der Waals surface area contributed by atoms with Gasteiger partial charge in [0.25, 0.3) is 0 Å². The van der Waals surface area contributed by atoms with Gasteiger partial charge >= 0.3 is 0 Å². The Kier molecular flexibility index (Phi) is 6.24. The number of thioether (sulfide) groups is 1. The minimum Gasteiger partial charge on any atom is -0.378 e. The van der Waals surface area contributed by atoms with Crippen LogP contribution in [0.2, 0.25) is 0 Å². The molecule has 3 aromatic rings.